The first-order chi connectivity index (χ1) is 9.02. The van der Waals surface area contributed by atoms with Crippen molar-refractivity contribution in [2.24, 2.45) is 5.92 Å². The van der Waals surface area contributed by atoms with Crippen molar-refractivity contribution >= 4 is 17.7 Å². The minimum absolute atomic E-state index is 0.208. The van der Waals surface area contributed by atoms with Gasteiger partial charge in [0.1, 0.15) is 0 Å². The molecule has 0 aromatic heterocycles. The summed E-state index contributed by atoms with van der Waals surface area (Å²) >= 11 is 1.92. The van der Waals surface area contributed by atoms with Crippen LogP contribution in [0.5, 0.6) is 0 Å². The highest BCUT2D eigenvalue weighted by molar-refractivity contribution is 7.98. The molecule has 1 unspecified atom stereocenters. The molecule has 1 N–H and O–H groups in total. The molecule has 1 fully saturated rings. The fourth-order valence-corrected chi connectivity index (χ4v) is 3.03. The smallest absolute Gasteiger partial charge is 0.236 e. The number of hydrogen-bond acceptors (Lipinski definition) is 4. The van der Waals surface area contributed by atoms with Gasteiger partial charge in [-0.15, -0.1) is 0 Å². The molecule has 0 saturated carbocycles. The number of carbonyl (C=O) groups excluding carboxylic acids is 1. The predicted octanol–water partition coefficient (Wildman–Crippen LogP) is 1.13. The van der Waals surface area contributed by atoms with E-state index in [1.54, 1.807) is 4.90 Å². The molecule has 1 heterocycles. The van der Waals surface area contributed by atoms with Crippen molar-refractivity contribution < 1.29 is 4.79 Å². The molecular formula is C14H29N3OS. The molecule has 0 spiro atoms. The van der Waals surface area contributed by atoms with Crippen LogP contribution in [0.15, 0.2) is 0 Å². The van der Waals surface area contributed by atoms with E-state index in [1.165, 1.54) is 5.75 Å². The molecule has 0 aromatic rings. The number of carbonyl (C=O) groups is 1. The zero-order valence-electron chi connectivity index (χ0n) is 12.8. The quantitative estimate of drug-likeness (QED) is 0.761. The number of nitrogens with one attached hydrogen (secondary N) is 1. The number of piperidine rings is 1. The Morgan fingerprint density at radius 1 is 1.42 bits per heavy atom. The third-order valence-electron chi connectivity index (χ3n) is 3.65. The number of likely N-dealkylation sites (tertiary alicyclic amines) is 1. The fourth-order valence-electron chi connectivity index (χ4n) is 2.34. The fraction of sp³-hybridized carbons (Fsp3) is 0.929. The number of hydrogen-bond donors (Lipinski definition) is 1. The monoisotopic (exact) mass is 287 g/mol. The molecule has 1 amide bonds. The van der Waals surface area contributed by atoms with Crippen LogP contribution in [0.1, 0.15) is 19.8 Å². The van der Waals surface area contributed by atoms with Crippen LogP contribution in [-0.4, -0.2) is 74.0 Å². The molecule has 5 heteroatoms. The molecule has 0 radical (unpaired) electrons. The van der Waals surface area contributed by atoms with Crippen molar-refractivity contribution in [2.45, 2.75) is 25.8 Å². The van der Waals surface area contributed by atoms with Crippen LogP contribution in [0, 0.1) is 5.92 Å². The zero-order valence-corrected chi connectivity index (χ0v) is 13.6. The van der Waals surface area contributed by atoms with Crippen LogP contribution in [0.2, 0.25) is 0 Å². The number of nitrogens with zero attached hydrogens (tertiary/aromatic N) is 2. The minimum atomic E-state index is 0.208. The summed E-state index contributed by atoms with van der Waals surface area (Å²) in [6.07, 6.45) is 4.48. The Hall–Kier alpha value is -0.260. The Kier molecular flexibility index (Phi) is 7.80. The van der Waals surface area contributed by atoms with E-state index >= 15 is 0 Å². The van der Waals surface area contributed by atoms with Gasteiger partial charge in [0, 0.05) is 33.2 Å². The second kappa shape index (κ2) is 8.82. The Labute approximate surface area is 122 Å². The Balaban J connectivity index is 2.16. The maximum absolute atomic E-state index is 11.6. The second-order valence-electron chi connectivity index (χ2n) is 5.81. The van der Waals surface area contributed by atoms with E-state index in [0.29, 0.717) is 12.6 Å². The van der Waals surface area contributed by atoms with E-state index < -0.39 is 0 Å². The molecule has 1 aliphatic heterocycles. The molecule has 0 bridgehead atoms. The van der Waals surface area contributed by atoms with Crippen LogP contribution >= 0.6 is 11.8 Å². The summed E-state index contributed by atoms with van der Waals surface area (Å²) in [4.78, 5) is 15.6. The van der Waals surface area contributed by atoms with Crippen molar-refractivity contribution in [3.05, 3.63) is 0 Å². The molecule has 1 saturated heterocycles. The third kappa shape index (κ3) is 6.63. The van der Waals surface area contributed by atoms with Gasteiger partial charge in [0.15, 0.2) is 0 Å². The molecule has 1 aliphatic rings. The summed E-state index contributed by atoms with van der Waals surface area (Å²) < 4.78 is 0. The van der Waals surface area contributed by atoms with Gasteiger partial charge in [0.05, 0.1) is 6.54 Å². The summed E-state index contributed by atoms with van der Waals surface area (Å²) in [6.45, 7) is 6.06. The molecule has 1 atom stereocenters. The SMILES string of the molecule is CSCC(C)CNC1CCN(CC(=O)N(C)C)CC1. The molecule has 112 valence electrons. The molecule has 19 heavy (non-hydrogen) atoms. The predicted molar refractivity (Wildman–Crippen MR) is 83.7 cm³/mol. The lowest BCUT2D eigenvalue weighted by Gasteiger charge is -2.33. The lowest BCUT2D eigenvalue weighted by Crippen LogP contribution is -2.46. The van der Waals surface area contributed by atoms with Gasteiger partial charge in [0.25, 0.3) is 0 Å². The van der Waals surface area contributed by atoms with Crippen molar-refractivity contribution in [3.63, 3.8) is 0 Å². The summed E-state index contributed by atoms with van der Waals surface area (Å²) in [6, 6.07) is 0.634. The maximum atomic E-state index is 11.6. The lowest BCUT2D eigenvalue weighted by molar-refractivity contribution is -0.130. The van der Waals surface area contributed by atoms with Gasteiger partial charge < -0.3 is 10.2 Å². The van der Waals surface area contributed by atoms with Crippen LogP contribution < -0.4 is 5.32 Å². The second-order valence-corrected chi connectivity index (χ2v) is 6.72. The van der Waals surface area contributed by atoms with Gasteiger partial charge in [-0.25, -0.2) is 0 Å². The summed E-state index contributed by atoms with van der Waals surface area (Å²) in [5.74, 6) is 2.17. The average molecular weight is 287 g/mol. The van der Waals surface area contributed by atoms with Crippen LogP contribution in [0.25, 0.3) is 0 Å². The van der Waals surface area contributed by atoms with Gasteiger partial charge in [-0.05, 0) is 37.3 Å². The van der Waals surface area contributed by atoms with Crippen molar-refractivity contribution in [3.8, 4) is 0 Å². The van der Waals surface area contributed by atoms with E-state index in [2.05, 4.69) is 23.4 Å². The van der Waals surface area contributed by atoms with Crippen molar-refractivity contribution in [2.75, 3.05) is 52.3 Å². The molecule has 0 aromatic carbocycles. The topological polar surface area (TPSA) is 35.6 Å². The van der Waals surface area contributed by atoms with Gasteiger partial charge in [-0.2, -0.15) is 11.8 Å². The summed E-state index contributed by atoms with van der Waals surface area (Å²) in [5.41, 5.74) is 0. The third-order valence-corrected chi connectivity index (χ3v) is 4.55. The van der Waals surface area contributed by atoms with Gasteiger partial charge in [-0.1, -0.05) is 6.92 Å². The Morgan fingerprint density at radius 2 is 2.05 bits per heavy atom. The van der Waals surface area contributed by atoms with E-state index in [1.807, 2.05) is 25.9 Å². The van der Waals surface area contributed by atoms with E-state index in [-0.39, 0.29) is 5.91 Å². The van der Waals surface area contributed by atoms with Gasteiger partial charge >= 0.3 is 0 Å². The standard InChI is InChI=1S/C14H29N3OS/c1-12(11-19-4)9-15-13-5-7-17(8-6-13)10-14(18)16(2)3/h12-13,15H,5-11H2,1-4H3. The lowest BCUT2D eigenvalue weighted by atomic mass is 10.0. The van der Waals surface area contributed by atoms with Crippen LogP contribution in [0.4, 0.5) is 0 Å². The Bertz CT molecular complexity index is 265. The molecule has 4 nitrogen and oxygen atoms in total. The highest BCUT2D eigenvalue weighted by atomic mass is 32.2. The van der Waals surface area contributed by atoms with Crippen molar-refractivity contribution in [1.82, 2.24) is 15.1 Å². The first-order valence-electron chi connectivity index (χ1n) is 7.17. The van der Waals surface area contributed by atoms with E-state index in [4.69, 9.17) is 0 Å². The number of amides is 1. The maximum Gasteiger partial charge on any atom is 0.236 e. The number of thioether (sulfide) groups is 1. The minimum Gasteiger partial charge on any atom is -0.348 e. The first-order valence-corrected chi connectivity index (χ1v) is 8.57. The van der Waals surface area contributed by atoms with Crippen molar-refractivity contribution in [1.29, 1.82) is 0 Å². The largest absolute Gasteiger partial charge is 0.348 e. The number of likely N-dealkylation sites (N-methyl/N-ethyl adjacent to an activating group) is 1. The first kappa shape index (κ1) is 16.8. The molecule has 0 aliphatic carbocycles. The molecular weight excluding hydrogens is 258 g/mol. The summed E-state index contributed by atoms with van der Waals surface area (Å²) in [7, 11) is 3.65. The molecule has 1 rings (SSSR count). The average Bonchev–Trinajstić information content (AvgIpc) is 2.38. The van der Waals surface area contributed by atoms with Crippen LogP contribution in [-0.2, 0) is 4.79 Å². The van der Waals surface area contributed by atoms with Gasteiger partial charge in [-0.3, -0.25) is 9.69 Å². The number of rotatable bonds is 7. The Morgan fingerprint density at radius 3 is 2.58 bits per heavy atom. The normalized spacial score (nSPS) is 19.4. The van der Waals surface area contributed by atoms with Gasteiger partial charge in [0.2, 0.25) is 5.91 Å². The van der Waals surface area contributed by atoms with E-state index in [9.17, 15) is 4.79 Å². The van der Waals surface area contributed by atoms with Crippen LogP contribution in [0.3, 0.4) is 0 Å². The zero-order chi connectivity index (χ0) is 14.3. The summed E-state index contributed by atoms with van der Waals surface area (Å²) in [5, 5.41) is 3.67. The highest BCUT2D eigenvalue weighted by Crippen LogP contribution is 2.11. The highest BCUT2D eigenvalue weighted by Gasteiger charge is 2.21. The van der Waals surface area contributed by atoms with E-state index in [0.717, 1.165) is 38.4 Å².